The van der Waals surface area contributed by atoms with E-state index in [0.29, 0.717) is 32.5 Å². The largest absolute Gasteiger partial charge is 0.481 e. The van der Waals surface area contributed by atoms with Gasteiger partial charge in [-0.25, -0.2) is 0 Å². The third-order valence-corrected chi connectivity index (χ3v) is 5.30. The van der Waals surface area contributed by atoms with Gasteiger partial charge in [-0.15, -0.1) is 10.2 Å². The van der Waals surface area contributed by atoms with E-state index in [9.17, 15) is 15.0 Å². The van der Waals surface area contributed by atoms with Crippen molar-refractivity contribution in [2.45, 2.75) is 45.4 Å². The van der Waals surface area contributed by atoms with Gasteiger partial charge in [-0.05, 0) is 38.8 Å². The molecule has 7 heteroatoms. The van der Waals surface area contributed by atoms with Gasteiger partial charge in [-0.3, -0.25) is 9.69 Å². The van der Waals surface area contributed by atoms with Crippen LogP contribution < -0.4 is 0 Å². The van der Waals surface area contributed by atoms with Crippen LogP contribution >= 0.6 is 0 Å². The van der Waals surface area contributed by atoms with Gasteiger partial charge in [0.2, 0.25) is 0 Å². The number of rotatable bonds is 6. The first-order valence-corrected chi connectivity index (χ1v) is 8.98. The number of carboxylic acid groups (broad SMARTS) is 1. The molecule has 2 aromatic rings. The van der Waals surface area contributed by atoms with E-state index in [1.165, 1.54) is 0 Å². The van der Waals surface area contributed by atoms with Crippen LogP contribution in [-0.4, -0.2) is 55.0 Å². The van der Waals surface area contributed by atoms with Crippen LogP contribution in [0.4, 0.5) is 0 Å². The number of hydrogen-bond acceptors (Lipinski definition) is 5. The molecule has 0 spiro atoms. The molecule has 1 aliphatic heterocycles. The Bertz CT molecular complexity index is 746. The lowest BCUT2D eigenvalue weighted by molar-refractivity contribution is -0.163. The van der Waals surface area contributed by atoms with Gasteiger partial charge in [-0.2, -0.15) is 0 Å². The fourth-order valence-electron chi connectivity index (χ4n) is 3.68. The van der Waals surface area contributed by atoms with Gasteiger partial charge in [0.25, 0.3) is 0 Å². The molecule has 1 aromatic heterocycles. The number of β-amino-alcohol motifs (C(OH)–C–C–N with tert-alkyl or cyclic N) is 1. The third-order valence-electron chi connectivity index (χ3n) is 5.30. The lowest BCUT2D eigenvalue weighted by atomic mass is 9.71. The molecule has 0 amide bonds. The van der Waals surface area contributed by atoms with Crippen molar-refractivity contribution in [1.82, 2.24) is 19.7 Å². The first-order valence-electron chi connectivity index (χ1n) is 8.98. The first kappa shape index (κ1) is 18.5. The molecule has 0 saturated carbocycles. The molecule has 140 valence electrons. The molecular formula is C19H26N4O3. The van der Waals surface area contributed by atoms with E-state index < -0.39 is 17.5 Å². The van der Waals surface area contributed by atoms with Gasteiger partial charge >= 0.3 is 5.97 Å². The van der Waals surface area contributed by atoms with Gasteiger partial charge in [-0.1, -0.05) is 30.3 Å². The minimum atomic E-state index is -1.15. The maximum Gasteiger partial charge on any atom is 0.312 e. The van der Waals surface area contributed by atoms with Crippen LogP contribution in [0.1, 0.15) is 37.7 Å². The highest BCUT2D eigenvalue weighted by atomic mass is 16.4. The zero-order valence-corrected chi connectivity index (χ0v) is 15.2. The maximum atomic E-state index is 12.1. The van der Waals surface area contributed by atoms with E-state index >= 15 is 0 Å². The Morgan fingerprint density at radius 2 is 2.08 bits per heavy atom. The second-order valence-corrected chi connectivity index (χ2v) is 7.37. The average molecular weight is 358 g/mol. The highest BCUT2D eigenvalue weighted by Gasteiger charge is 2.48. The zero-order valence-electron chi connectivity index (χ0n) is 15.2. The van der Waals surface area contributed by atoms with Crippen molar-refractivity contribution < 1.29 is 15.0 Å². The molecule has 0 radical (unpaired) electrons. The Labute approximate surface area is 153 Å². The van der Waals surface area contributed by atoms with E-state index in [1.54, 1.807) is 6.33 Å². The molecule has 3 rings (SSSR count). The van der Waals surface area contributed by atoms with E-state index in [-0.39, 0.29) is 6.04 Å². The molecule has 1 aliphatic rings. The van der Waals surface area contributed by atoms with E-state index in [1.807, 2.05) is 34.9 Å². The molecule has 7 nitrogen and oxygen atoms in total. The van der Waals surface area contributed by atoms with Gasteiger partial charge in [0, 0.05) is 12.6 Å². The number of aliphatic hydroxyl groups is 1. The summed E-state index contributed by atoms with van der Waals surface area (Å²) in [6, 6.07) is 9.77. The van der Waals surface area contributed by atoms with Crippen LogP contribution in [0.5, 0.6) is 0 Å². The predicted molar refractivity (Wildman–Crippen MR) is 96.5 cm³/mol. The van der Waals surface area contributed by atoms with Crippen molar-refractivity contribution in [3.05, 3.63) is 48.0 Å². The maximum absolute atomic E-state index is 12.1. The highest BCUT2D eigenvalue weighted by molar-refractivity contribution is 5.76. The molecule has 2 N–H and O–H groups in total. The van der Waals surface area contributed by atoms with Gasteiger partial charge in [0.15, 0.2) is 0 Å². The number of nitrogens with zero attached hydrogens (tertiary/aromatic N) is 4. The molecule has 1 fully saturated rings. The minimum absolute atomic E-state index is 0.255. The summed E-state index contributed by atoms with van der Waals surface area (Å²) in [6.45, 7) is 5.59. The summed E-state index contributed by atoms with van der Waals surface area (Å²) in [5.41, 5.74) is -0.217. The number of benzene rings is 1. The van der Waals surface area contributed by atoms with Crippen molar-refractivity contribution in [3.63, 3.8) is 0 Å². The van der Waals surface area contributed by atoms with E-state index in [0.717, 1.165) is 11.4 Å². The number of likely N-dealkylation sites (tertiary alicyclic amines) is 1. The summed E-state index contributed by atoms with van der Waals surface area (Å²) < 4.78 is 2.00. The topological polar surface area (TPSA) is 91.5 Å². The average Bonchev–Trinajstić information content (AvgIpc) is 3.06. The number of aliphatic carboxylic acids is 1. The van der Waals surface area contributed by atoms with Crippen LogP contribution in [0.15, 0.2) is 36.7 Å². The van der Waals surface area contributed by atoms with Crippen LogP contribution in [-0.2, 0) is 17.8 Å². The van der Waals surface area contributed by atoms with Crippen LogP contribution in [0, 0.1) is 5.41 Å². The van der Waals surface area contributed by atoms with Crippen LogP contribution in [0.2, 0.25) is 0 Å². The first-order chi connectivity index (χ1) is 12.4. The molecule has 1 saturated heterocycles. The molecule has 1 aromatic carbocycles. The van der Waals surface area contributed by atoms with Gasteiger partial charge < -0.3 is 14.8 Å². The molecule has 2 heterocycles. The second kappa shape index (κ2) is 7.55. The second-order valence-electron chi connectivity index (χ2n) is 7.37. The van der Waals surface area contributed by atoms with Crippen LogP contribution in [0.25, 0.3) is 0 Å². The molecule has 0 aliphatic carbocycles. The normalized spacial score (nSPS) is 24.1. The lowest BCUT2D eigenvalue weighted by Crippen LogP contribution is -2.55. The quantitative estimate of drug-likeness (QED) is 0.817. The lowest BCUT2D eigenvalue weighted by Gasteiger charge is -2.42. The Kier molecular flexibility index (Phi) is 5.38. The highest BCUT2D eigenvalue weighted by Crippen LogP contribution is 2.36. The molecule has 0 unspecified atom stereocenters. The molecule has 26 heavy (non-hydrogen) atoms. The standard InChI is InChI=1S/C19H26N4O3/c1-14(2)23-13-20-21-17(23)12-22-9-8-19(18(25)26,16(24)11-22)10-15-6-4-3-5-7-15/h3-7,13-14,16,24H,8-12H2,1-2H3,(H,25,26)/t16-,19+/m0/s1. The smallest absolute Gasteiger partial charge is 0.312 e. The van der Waals surface area contributed by atoms with Crippen molar-refractivity contribution in [1.29, 1.82) is 0 Å². The van der Waals surface area contributed by atoms with Crippen LogP contribution in [0.3, 0.4) is 0 Å². The Morgan fingerprint density at radius 1 is 1.35 bits per heavy atom. The number of piperidine rings is 1. The summed E-state index contributed by atoms with van der Waals surface area (Å²) in [5, 5.41) is 28.8. The van der Waals surface area contributed by atoms with E-state index in [2.05, 4.69) is 28.9 Å². The van der Waals surface area contributed by atoms with Crippen molar-refractivity contribution >= 4 is 5.97 Å². The van der Waals surface area contributed by atoms with Gasteiger partial charge in [0.05, 0.1) is 12.6 Å². The number of carboxylic acids is 1. The molecular weight excluding hydrogens is 332 g/mol. The fraction of sp³-hybridized carbons (Fsp3) is 0.526. The SMILES string of the molecule is CC(C)n1cnnc1CN1CC[C@](Cc2ccccc2)(C(=O)O)[C@@H](O)C1. The summed E-state index contributed by atoms with van der Waals surface area (Å²) >= 11 is 0. The monoisotopic (exact) mass is 358 g/mol. The summed E-state index contributed by atoms with van der Waals surface area (Å²) in [4.78, 5) is 14.1. The van der Waals surface area contributed by atoms with Crippen molar-refractivity contribution in [2.75, 3.05) is 13.1 Å². The summed E-state index contributed by atoms with van der Waals surface area (Å²) in [6.07, 6.45) is 1.50. The zero-order chi connectivity index (χ0) is 18.7. The Hall–Kier alpha value is -2.25. The van der Waals surface area contributed by atoms with Crippen molar-refractivity contribution in [3.8, 4) is 0 Å². The number of aromatic nitrogens is 3. The molecule has 2 atom stereocenters. The summed E-state index contributed by atoms with van der Waals surface area (Å²) in [5.74, 6) is -0.100. The fourth-order valence-corrected chi connectivity index (χ4v) is 3.68. The number of carbonyl (C=O) groups is 1. The number of hydrogen-bond donors (Lipinski definition) is 2. The number of aliphatic hydroxyl groups excluding tert-OH is 1. The van der Waals surface area contributed by atoms with E-state index in [4.69, 9.17) is 0 Å². The minimum Gasteiger partial charge on any atom is -0.481 e. The molecule has 0 bridgehead atoms. The third kappa shape index (κ3) is 3.64. The summed E-state index contributed by atoms with van der Waals surface area (Å²) in [7, 11) is 0. The van der Waals surface area contributed by atoms with Gasteiger partial charge in [0.1, 0.15) is 17.6 Å². The van der Waals surface area contributed by atoms with Crippen molar-refractivity contribution in [2.24, 2.45) is 5.41 Å². The Balaban J connectivity index is 1.73. The predicted octanol–water partition coefficient (Wildman–Crippen LogP) is 1.74. The Morgan fingerprint density at radius 3 is 2.69 bits per heavy atom.